The lowest BCUT2D eigenvalue weighted by Gasteiger charge is -2.33. The number of carbonyl (C=O) groups is 2. The summed E-state index contributed by atoms with van der Waals surface area (Å²) < 4.78 is 28.7. The maximum atomic E-state index is 14.0. The number of nitrogens with zero attached hydrogens (tertiary/aromatic N) is 2. The Balaban J connectivity index is 2.02. The van der Waals surface area contributed by atoms with Gasteiger partial charge >= 0.3 is 0 Å². The number of aryl methyl sites for hydroxylation is 1. The highest BCUT2D eigenvalue weighted by molar-refractivity contribution is 7.92. The van der Waals surface area contributed by atoms with Crippen LogP contribution >= 0.6 is 0 Å². The molecule has 2 amide bonds. The highest BCUT2D eigenvalue weighted by Crippen LogP contribution is 2.25. The van der Waals surface area contributed by atoms with Crippen LogP contribution in [0, 0.1) is 0 Å². The molecule has 8 heteroatoms. The smallest absolute Gasteiger partial charge is 0.264 e. The van der Waals surface area contributed by atoms with Gasteiger partial charge in [0.25, 0.3) is 10.0 Å². The average molecular weight is 536 g/mol. The lowest BCUT2D eigenvalue weighted by molar-refractivity contribution is -0.140. The number of hydrogen-bond donors (Lipinski definition) is 1. The molecule has 0 heterocycles. The minimum absolute atomic E-state index is 0.0923. The van der Waals surface area contributed by atoms with Crippen molar-refractivity contribution in [2.75, 3.05) is 17.4 Å². The zero-order valence-electron chi connectivity index (χ0n) is 22.3. The number of hydrogen-bond acceptors (Lipinski definition) is 4. The number of amides is 2. The van der Waals surface area contributed by atoms with Gasteiger partial charge < -0.3 is 10.2 Å². The Labute approximate surface area is 226 Å². The van der Waals surface area contributed by atoms with E-state index < -0.39 is 28.5 Å². The van der Waals surface area contributed by atoms with Gasteiger partial charge in [0.2, 0.25) is 11.8 Å². The Hall–Kier alpha value is -3.65. The summed E-state index contributed by atoms with van der Waals surface area (Å²) in [6.07, 6.45) is 1.97. The van der Waals surface area contributed by atoms with Crippen molar-refractivity contribution in [2.45, 2.75) is 57.5 Å². The van der Waals surface area contributed by atoms with E-state index in [0.29, 0.717) is 18.7 Å². The molecule has 202 valence electrons. The number of nitrogens with one attached hydrogen (secondary N) is 1. The average Bonchev–Trinajstić information content (AvgIpc) is 2.95. The SMILES string of the molecule is CCCNC(=O)[C@H](CC)N(Cc1ccccc1)C(=O)CN(c1ccc(CC)cc1)S(=O)(=O)c1ccccc1. The molecule has 0 saturated carbocycles. The predicted molar refractivity (Wildman–Crippen MR) is 151 cm³/mol. The van der Waals surface area contributed by atoms with Crippen molar-refractivity contribution < 1.29 is 18.0 Å². The molecule has 3 rings (SSSR count). The molecule has 7 nitrogen and oxygen atoms in total. The molecule has 1 atom stereocenters. The molecular weight excluding hydrogens is 498 g/mol. The van der Waals surface area contributed by atoms with Crippen molar-refractivity contribution in [3.8, 4) is 0 Å². The summed E-state index contributed by atoms with van der Waals surface area (Å²) in [7, 11) is -4.06. The standard InChI is InChI=1S/C30H37N3O4S/c1-4-21-31-30(35)28(6-3)32(22-25-13-9-7-10-14-25)29(34)23-33(26-19-17-24(5-2)18-20-26)38(36,37)27-15-11-8-12-16-27/h7-20,28H,4-6,21-23H2,1-3H3,(H,31,35)/t28-/m0/s1. The van der Waals surface area contributed by atoms with Crippen LogP contribution in [0.25, 0.3) is 0 Å². The summed E-state index contributed by atoms with van der Waals surface area (Å²) in [5.74, 6) is -0.699. The summed E-state index contributed by atoms with van der Waals surface area (Å²) in [6, 6.07) is 23.9. The van der Waals surface area contributed by atoms with E-state index in [9.17, 15) is 18.0 Å². The Morgan fingerprint density at radius 1 is 0.816 bits per heavy atom. The van der Waals surface area contributed by atoms with Gasteiger partial charge in [-0.1, -0.05) is 81.4 Å². The predicted octanol–water partition coefficient (Wildman–Crippen LogP) is 4.78. The van der Waals surface area contributed by atoms with E-state index in [2.05, 4.69) is 5.32 Å². The minimum atomic E-state index is -4.06. The second kappa shape index (κ2) is 13.8. The molecule has 0 aliphatic heterocycles. The first-order valence-corrected chi connectivity index (χ1v) is 14.5. The second-order valence-corrected chi connectivity index (χ2v) is 10.9. The summed E-state index contributed by atoms with van der Waals surface area (Å²) >= 11 is 0. The number of anilines is 1. The molecule has 0 fully saturated rings. The molecule has 0 unspecified atom stereocenters. The zero-order chi connectivity index (χ0) is 27.5. The van der Waals surface area contributed by atoms with Gasteiger partial charge in [0.05, 0.1) is 10.6 Å². The van der Waals surface area contributed by atoms with Gasteiger partial charge in [-0.3, -0.25) is 13.9 Å². The van der Waals surface area contributed by atoms with Crippen LogP contribution in [0.5, 0.6) is 0 Å². The van der Waals surface area contributed by atoms with Crippen LogP contribution in [0.2, 0.25) is 0 Å². The van der Waals surface area contributed by atoms with Gasteiger partial charge in [-0.25, -0.2) is 8.42 Å². The van der Waals surface area contributed by atoms with Gasteiger partial charge in [-0.15, -0.1) is 0 Å². The molecule has 0 spiro atoms. The Morgan fingerprint density at radius 3 is 1.97 bits per heavy atom. The van der Waals surface area contributed by atoms with E-state index in [4.69, 9.17) is 0 Å². The Kier molecular flexibility index (Phi) is 10.5. The highest BCUT2D eigenvalue weighted by Gasteiger charge is 2.33. The van der Waals surface area contributed by atoms with Gasteiger partial charge in [0.15, 0.2) is 0 Å². The molecule has 0 bridgehead atoms. The fourth-order valence-corrected chi connectivity index (χ4v) is 5.65. The molecule has 3 aromatic rings. The largest absolute Gasteiger partial charge is 0.354 e. The number of carbonyl (C=O) groups excluding carboxylic acids is 2. The van der Waals surface area contributed by atoms with Gasteiger partial charge in [-0.2, -0.15) is 0 Å². The topological polar surface area (TPSA) is 86.8 Å². The van der Waals surface area contributed by atoms with E-state index in [-0.39, 0.29) is 17.3 Å². The van der Waals surface area contributed by atoms with E-state index >= 15 is 0 Å². The first kappa shape index (κ1) is 28.9. The first-order valence-electron chi connectivity index (χ1n) is 13.1. The van der Waals surface area contributed by atoms with Crippen LogP contribution in [0.15, 0.2) is 89.8 Å². The third-order valence-electron chi connectivity index (χ3n) is 6.37. The third kappa shape index (κ3) is 7.22. The fraction of sp³-hybridized carbons (Fsp3) is 0.333. The molecule has 0 aliphatic rings. The molecule has 3 aromatic carbocycles. The first-order chi connectivity index (χ1) is 18.3. The van der Waals surface area contributed by atoms with E-state index in [1.807, 2.05) is 63.2 Å². The maximum absolute atomic E-state index is 14.0. The third-order valence-corrected chi connectivity index (χ3v) is 8.16. The van der Waals surface area contributed by atoms with Crippen molar-refractivity contribution in [1.82, 2.24) is 10.2 Å². The zero-order valence-corrected chi connectivity index (χ0v) is 23.2. The van der Waals surface area contributed by atoms with Crippen molar-refractivity contribution in [3.05, 3.63) is 96.1 Å². The van der Waals surface area contributed by atoms with Gasteiger partial charge in [0, 0.05) is 13.1 Å². The molecule has 0 aromatic heterocycles. The fourth-order valence-electron chi connectivity index (χ4n) is 4.21. The van der Waals surface area contributed by atoms with E-state index in [1.54, 1.807) is 30.3 Å². The normalized spacial score (nSPS) is 12.0. The molecule has 38 heavy (non-hydrogen) atoms. The molecule has 0 radical (unpaired) electrons. The number of rotatable bonds is 13. The minimum Gasteiger partial charge on any atom is -0.354 e. The number of benzene rings is 3. The molecule has 0 saturated heterocycles. The number of sulfonamides is 1. The highest BCUT2D eigenvalue weighted by atomic mass is 32.2. The van der Waals surface area contributed by atoms with Crippen molar-refractivity contribution in [3.63, 3.8) is 0 Å². The maximum Gasteiger partial charge on any atom is 0.264 e. The molecule has 1 N–H and O–H groups in total. The lowest BCUT2D eigenvalue weighted by Crippen LogP contribution is -2.52. The summed E-state index contributed by atoms with van der Waals surface area (Å²) in [6.45, 7) is 6.08. The quantitative estimate of drug-likeness (QED) is 0.341. The van der Waals surface area contributed by atoms with Crippen LogP contribution in [0.3, 0.4) is 0 Å². The van der Waals surface area contributed by atoms with Crippen molar-refractivity contribution in [1.29, 1.82) is 0 Å². The Morgan fingerprint density at radius 2 is 1.42 bits per heavy atom. The van der Waals surface area contributed by atoms with Crippen LogP contribution in [-0.4, -0.2) is 44.3 Å². The van der Waals surface area contributed by atoms with Gasteiger partial charge in [0.1, 0.15) is 12.6 Å². The van der Waals surface area contributed by atoms with Crippen LogP contribution in [0.1, 0.15) is 44.7 Å². The lowest BCUT2D eigenvalue weighted by atomic mass is 10.1. The van der Waals surface area contributed by atoms with Crippen LogP contribution < -0.4 is 9.62 Å². The van der Waals surface area contributed by atoms with Crippen molar-refractivity contribution >= 4 is 27.5 Å². The van der Waals surface area contributed by atoms with Crippen LogP contribution in [-0.2, 0) is 32.6 Å². The monoisotopic (exact) mass is 535 g/mol. The Bertz CT molecular complexity index is 1280. The van der Waals surface area contributed by atoms with Gasteiger partial charge in [-0.05, 0) is 54.7 Å². The summed E-state index contributed by atoms with van der Waals surface area (Å²) in [5.41, 5.74) is 2.30. The van der Waals surface area contributed by atoms with E-state index in [0.717, 1.165) is 28.3 Å². The van der Waals surface area contributed by atoms with Crippen LogP contribution in [0.4, 0.5) is 5.69 Å². The summed E-state index contributed by atoms with van der Waals surface area (Å²) in [5, 5.41) is 2.89. The second-order valence-electron chi connectivity index (χ2n) is 9.07. The van der Waals surface area contributed by atoms with E-state index in [1.165, 1.54) is 17.0 Å². The van der Waals surface area contributed by atoms with Crippen molar-refractivity contribution in [2.24, 2.45) is 0 Å². The molecular formula is C30H37N3O4S. The summed E-state index contributed by atoms with van der Waals surface area (Å²) in [4.78, 5) is 28.6. The molecule has 0 aliphatic carbocycles.